The second-order valence-electron chi connectivity index (χ2n) is 4.69. The zero-order valence-electron chi connectivity index (χ0n) is 11.3. The lowest BCUT2D eigenvalue weighted by Crippen LogP contribution is -2.25. The summed E-state index contributed by atoms with van der Waals surface area (Å²) in [5, 5.41) is 0. The fourth-order valence-corrected chi connectivity index (χ4v) is 1.77. The largest absolute Gasteiger partial charge is 0.377 e. The summed E-state index contributed by atoms with van der Waals surface area (Å²) in [5.41, 5.74) is 8.34. The van der Waals surface area contributed by atoms with Gasteiger partial charge >= 0.3 is 0 Å². The van der Waals surface area contributed by atoms with Gasteiger partial charge in [-0.15, -0.1) is 0 Å². The summed E-state index contributed by atoms with van der Waals surface area (Å²) in [5.74, 6) is 0. The van der Waals surface area contributed by atoms with E-state index in [0.717, 1.165) is 13.2 Å². The van der Waals surface area contributed by atoms with Crippen molar-refractivity contribution in [3.8, 4) is 0 Å². The summed E-state index contributed by atoms with van der Waals surface area (Å²) in [6.45, 7) is 7.73. The predicted molar refractivity (Wildman–Crippen MR) is 73.4 cm³/mol. The number of nitrogens with zero attached hydrogens (tertiary/aromatic N) is 1. The SMILES string of the molecule is CC(C)OCCN(C)c1ccccc1[C@H](C)N. The van der Waals surface area contributed by atoms with Crippen LogP contribution in [0.3, 0.4) is 0 Å². The van der Waals surface area contributed by atoms with Gasteiger partial charge in [0.2, 0.25) is 0 Å². The number of rotatable bonds is 6. The van der Waals surface area contributed by atoms with E-state index in [1.165, 1.54) is 11.3 Å². The highest BCUT2D eigenvalue weighted by Crippen LogP contribution is 2.23. The standard InChI is InChI=1S/C14H24N2O/c1-11(2)17-10-9-16(4)14-8-6-5-7-13(14)12(3)15/h5-8,11-12H,9-10,15H2,1-4H3/t12-/m0/s1. The molecule has 1 atom stereocenters. The summed E-state index contributed by atoms with van der Waals surface area (Å²) < 4.78 is 5.56. The van der Waals surface area contributed by atoms with Crippen LogP contribution >= 0.6 is 0 Å². The van der Waals surface area contributed by atoms with Gasteiger partial charge in [0, 0.05) is 25.3 Å². The molecule has 0 aromatic heterocycles. The lowest BCUT2D eigenvalue weighted by atomic mass is 10.1. The van der Waals surface area contributed by atoms with E-state index in [0.29, 0.717) is 0 Å². The molecule has 0 saturated heterocycles. The Kier molecular flexibility index (Phi) is 5.45. The van der Waals surface area contributed by atoms with Crippen molar-refractivity contribution in [1.82, 2.24) is 0 Å². The molecule has 2 N–H and O–H groups in total. The van der Waals surface area contributed by atoms with Crippen LogP contribution in [0.1, 0.15) is 32.4 Å². The topological polar surface area (TPSA) is 38.5 Å². The smallest absolute Gasteiger partial charge is 0.0644 e. The van der Waals surface area contributed by atoms with E-state index in [1.54, 1.807) is 0 Å². The molecule has 0 bridgehead atoms. The molecule has 3 nitrogen and oxygen atoms in total. The van der Waals surface area contributed by atoms with E-state index in [9.17, 15) is 0 Å². The Bertz CT molecular complexity index is 337. The van der Waals surface area contributed by atoms with Crippen LogP contribution in [0.4, 0.5) is 5.69 Å². The van der Waals surface area contributed by atoms with E-state index in [-0.39, 0.29) is 12.1 Å². The van der Waals surface area contributed by atoms with Crippen molar-refractivity contribution in [3.63, 3.8) is 0 Å². The Hall–Kier alpha value is -1.06. The molecule has 1 aromatic carbocycles. The van der Waals surface area contributed by atoms with E-state index >= 15 is 0 Å². The maximum absolute atomic E-state index is 5.97. The van der Waals surface area contributed by atoms with Gasteiger partial charge in [0.25, 0.3) is 0 Å². The number of hydrogen-bond donors (Lipinski definition) is 1. The fraction of sp³-hybridized carbons (Fsp3) is 0.571. The Labute approximate surface area is 105 Å². The second-order valence-corrected chi connectivity index (χ2v) is 4.69. The molecule has 0 heterocycles. The molecule has 0 saturated carbocycles. The third-order valence-electron chi connectivity index (χ3n) is 2.72. The second kappa shape index (κ2) is 6.62. The molecule has 0 aliphatic heterocycles. The first-order chi connectivity index (χ1) is 8.02. The zero-order chi connectivity index (χ0) is 12.8. The molecule has 0 amide bonds. The third kappa shape index (κ3) is 4.36. The van der Waals surface area contributed by atoms with Crippen LogP contribution in [0, 0.1) is 0 Å². The van der Waals surface area contributed by atoms with Crippen LogP contribution < -0.4 is 10.6 Å². The van der Waals surface area contributed by atoms with Crippen molar-refractivity contribution < 1.29 is 4.74 Å². The molecule has 0 aliphatic rings. The van der Waals surface area contributed by atoms with Gasteiger partial charge in [-0.1, -0.05) is 18.2 Å². The Morgan fingerprint density at radius 2 is 1.88 bits per heavy atom. The minimum absolute atomic E-state index is 0.0552. The third-order valence-corrected chi connectivity index (χ3v) is 2.72. The summed E-state index contributed by atoms with van der Waals surface area (Å²) in [6.07, 6.45) is 0.284. The number of ether oxygens (including phenoxy) is 1. The Morgan fingerprint density at radius 3 is 2.47 bits per heavy atom. The molecule has 0 radical (unpaired) electrons. The van der Waals surface area contributed by atoms with Crippen LogP contribution in [0.25, 0.3) is 0 Å². The van der Waals surface area contributed by atoms with Gasteiger partial charge in [0.05, 0.1) is 12.7 Å². The molecule has 0 spiro atoms. The van der Waals surface area contributed by atoms with E-state index in [2.05, 4.69) is 37.9 Å². The lowest BCUT2D eigenvalue weighted by Gasteiger charge is -2.24. The summed E-state index contributed by atoms with van der Waals surface area (Å²) >= 11 is 0. The first kappa shape index (κ1) is 14.0. The zero-order valence-corrected chi connectivity index (χ0v) is 11.3. The molecule has 0 aliphatic carbocycles. The van der Waals surface area contributed by atoms with Gasteiger partial charge in [-0.25, -0.2) is 0 Å². The van der Waals surface area contributed by atoms with Crippen LogP contribution in [0.2, 0.25) is 0 Å². The van der Waals surface area contributed by atoms with Crippen LogP contribution in [-0.4, -0.2) is 26.3 Å². The van der Waals surface area contributed by atoms with Crippen molar-refractivity contribution >= 4 is 5.69 Å². The highest BCUT2D eigenvalue weighted by molar-refractivity contribution is 5.54. The minimum atomic E-state index is 0.0552. The monoisotopic (exact) mass is 236 g/mol. The van der Waals surface area contributed by atoms with Crippen molar-refractivity contribution in [3.05, 3.63) is 29.8 Å². The summed E-state index contributed by atoms with van der Waals surface area (Å²) in [6, 6.07) is 8.31. The maximum Gasteiger partial charge on any atom is 0.0644 e. The van der Waals surface area contributed by atoms with Crippen LogP contribution in [0.5, 0.6) is 0 Å². The molecule has 1 rings (SSSR count). The molecular weight excluding hydrogens is 212 g/mol. The molecule has 17 heavy (non-hydrogen) atoms. The normalized spacial score (nSPS) is 12.8. The number of anilines is 1. The molecule has 0 unspecified atom stereocenters. The Balaban J connectivity index is 2.65. The van der Waals surface area contributed by atoms with Gasteiger partial charge in [-0.2, -0.15) is 0 Å². The van der Waals surface area contributed by atoms with Gasteiger partial charge in [0.1, 0.15) is 0 Å². The number of hydrogen-bond acceptors (Lipinski definition) is 3. The highest BCUT2D eigenvalue weighted by Gasteiger charge is 2.09. The number of nitrogens with two attached hydrogens (primary N) is 1. The summed E-state index contributed by atoms with van der Waals surface area (Å²) in [4.78, 5) is 2.20. The van der Waals surface area contributed by atoms with Gasteiger partial charge in [0.15, 0.2) is 0 Å². The van der Waals surface area contributed by atoms with Crippen LogP contribution in [-0.2, 0) is 4.74 Å². The first-order valence-corrected chi connectivity index (χ1v) is 6.19. The first-order valence-electron chi connectivity index (χ1n) is 6.19. The fourth-order valence-electron chi connectivity index (χ4n) is 1.77. The van der Waals surface area contributed by atoms with Crippen molar-refractivity contribution in [2.45, 2.75) is 32.9 Å². The average molecular weight is 236 g/mol. The number of benzene rings is 1. The van der Waals surface area contributed by atoms with Gasteiger partial charge in [-0.3, -0.25) is 0 Å². The highest BCUT2D eigenvalue weighted by atomic mass is 16.5. The molecule has 0 fully saturated rings. The number of para-hydroxylation sites is 1. The van der Waals surface area contributed by atoms with E-state index in [4.69, 9.17) is 10.5 Å². The molecule has 96 valence electrons. The predicted octanol–water partition coefficient (Wildman–Crippen LogP) is 2.57. The summed E-state index contributed by atoms with van der Waals surface area (Å²) in [7, 11) is 2.07. The average Bonchev–Trinajstić information content (AvgIpc) is 2.28. The minimum Gasteiger partial charge on any atom is -0.377 e. The van der Waals surface area contributed by atoms with Crippen molar-refractivity contribution in [1.29, 1.82) is 0 Å². The lowest BCUT2D eigenvalue weighted by molar-refractivity contribution is 0.0846. The van der Waals surface area contributed by atoms with Crippen LogP contribution in [0.15, 0.2) is 24.3 Å². The number of likely N-dealkylation sites (N-methyl/N-ethyl adjacent to an activating group) is 1. The molecular formula is C14H24N2O. The van der Waals surface area contributed by atoms with E-state index in [1.807, 2.05) is 19.1 Å². The van der Waals surface area contributed by atoms with Crippen molar-refractivity contribution in [2.75, 3.05) is 25.1 Å². The molecule has 3 heteroatoms. The molecule has 1 aromatic rings. The van der Waals surface area contributed by atoms with Crippen molar-refractivity contribution in [2.24, 2.45) is 5.73 Å². The Morgan fingerprint density at radius 1 is 1.24 bits per heavy atom. The quantitative estimate of drug-likeness (QED) is 0.825. The van der Waals surface area contributed by atoms with Gasteiger partial charge in [-0.05, 0) is 32.4 Å². The maximum atomic E-state index is 5.97. The van der Waals surface area contributed by atoms with Gasteiger partial charge < -0.3 is 15.4 Å². The van der Waals surface area contributed by atoms with E-state index < -0.39 is 0 Å².